The van der Waals surface area contributed by atoms with Crippen LogP contribution in [0, 0.1) is 0 Å². The van der Waals surface area contributed by atoms with Crippen LogP contribution in [0.1, 0.15) is 79.6 Å². The zero-order valence-corrected chi connectivity index (χ0v) is 17.5. The molecule has 0 radical (unpaired) electrons. The summed E-state index contributed by atoms with van der Waals surface area (Å²) in [6, 6.07) is 0. The van der Waals surface area contributed by atoms with Gasteiger partial charge < -0.3 is 13.3 Å². The predicted molar refractivity (Wildman–Crippen MR) is 101 cm³/mol. The van der Waals surface area contributed by atoms with Crippen molar-refractivity contribution in [2.45, 2.75) is 90.5 Å². The molecule has 2 unspecified atom stereocenters. The minimum absolute atomic E-state index is 0.109. The van der Waals surface area contributed by atoms with Crippen molar-refractivity contribution in [3.8, 4) is 0 Å². The summed E-state index contributed by atoms with van der Waals surface area (Å²) in [4.78, 5) is 12.2. The molecule has 0 amide bonds. The smallest absolute Gasteiger partial charge is 0.373 e. The van der Waals surface area contributed by atoms with E-state index in [9.17, 15) is 4.79 Å². The van der Waals surface area contributed by atoms with Crippen molar-refractivity contribution >= 4 is 27.2 Å². The molecule has 4 nitrogen and oxygen atoms in total. The lowest BCUT2D eigenvalue weighted by molar-refractivity contribution is -0.127. The Balaban J connectivity index is 4.61. The standard InChI is InChI=1S/C17H36O4SSi/c1-6-10-11-12-13-14-16(18)15(5)21-23(19-8-3,20-9-4)17(22)7-2/h15,17,22H,6-14H2,1-5H3. The molecule has 0 aliphatic carbocycles. The highest BCUT2D eigenvalue weighted by Gasteiger charge is 2.49. The van der Waals surface area contributed by atoms with Crippen molar-refractivity contribution in [1.82, 2.24) is 0 Å². The van der Waals surface area contributed by atoms with Crippen LogP contribution >= 0.6 is 12.6 Å². The normalized spacial score (nSPS) is 14.7. The van der Waals surface area contributed by atoms with Crippen LogP contribution in [0.15, 0.2) is 0 Å². The van der Waals surface area contributed by atoms with Crippen LogP contribution in [0.25, 0.3) is 0 Å². The largest absolute Gasteiger partial charge is 0.514 e. The molecule has 0 rings (SSSR count). The summed E-state index contributed by atoms with van der Waals surface area (Å²) in [5.74, 6) is 0.134. The van der Waals surface area contributed by atoms with E-state index in [0.717, 1.165) is 19.3 Å². The van der Waals surface area contributed by atoms with Gasteiger partial charge in [0.15, 0.2) is 5.78 Å². The molecule has 0 aromatic rings. The van der Waals surface area contributed by atoms with E-state index < -0.39 is 14.9 Å². The molecular formula is C17H36O4SSi. The zero-order valence-electron chi connectivity index (χ0n) is 15.6. The number of hydrogen-bond donors (Lipinski definition) is 1. The third-order valence-electron chi connectivity index (χ3n) is 3.81. The van der Waals surface area contributed by atoms with Crippen molar-refractivity contribution in [2.75, 3.05) is 13.2 Å². The van der Waals surface area contributed by atoms with Crippen LogP contribution in [-0.4, -0.2) is 38.8 Å². The van der Waals surface area contributed by atoms with Gasteiger partial charge in [-0.25, -0.2) is 0 Å². The van der Waals surface area contributed by atoms with Gasteiger partial charge in [0, 0.05) is 19.6 Å². The first-order valence-electron chi connectivity index (χ1n) is 9.13. The van der Waals surface area contributed by atoms with Crippen LogP contribution in [0.4, 0.5) is 0 Å². The van der Waals surface area contributed by atoms with Gasteiger partial charge in [-0.1, -0.05) is 39.5 Å². The van der Waals surface area contributed by atoms with Gasteiger partial charge in [0.05, 0.1) is 4.87 Å². The van der Waals surface area contributed by atoms with Crippen LogP contribution in [0.2, 0.25) is 0 Å². The second kappa shape index (κ2) is 13.4. The minimum atomic E-state index is -2.94. The lowest BCUT2D eigenvalue weighted by atomic mass is 10.1. The SMILES string of the molecule is CCCCCCCC(=O)C(C)O[Si](OCC)(OCC)C(S)CC. The summed E-state index contributed by atoms with van der Waals surface area (Å²) < 4.78 is 17.8. The summed E-state index contributed by atoms with van der Waals surface area (Å²) >= 11 is 4.61. The molecule has 0 fully saturated rings. The van der Waals surface area contributed by atoms with E-state index in [1.54, 1.807) is 0 Å². The maximum absolute atomic E-state index is 12.3. The Kier molecular flexibility index (Phi) is 13.5. The van der Waals surface area contributed by atoms with Gasteiger partial charge in [0.2, 0.25) is 0 Å². The zero-order chi connectivity index (χ0) is 17.7. The van der Waals surface area contributed by atoms with E-state index in [-0.39, 0.29) is 10.7 Å². The maximum Gasteiger partial charge on any atom is 0.514 e. The Morgan fingerprint density at radius 2 is 1.57 bits per heavy atom. The highest BCUT2D eigenvalue weighted by atomic mass is 32.1. The number of unbranched alkanes of at least 4 members (excludes halogenated alkanes) is 4. The molecule has 0 heterocycles. The first kappa shape index (κ1) is 23.1. The number of thiol groups is 1. The molecule has 6 heteroatoms. The number of hydrogen-bond acceptors (Lipinski definition) is 5. The molecule has 0 aromatic heterocycles. The first-order chi connectivity index (χ1) is 11.0. The van der Waals surface area contributed by atoms with Gasteiger partial charge >= 0.3 is 8.80 Å². The summed E-state index contributed by atoms with van der Waals surface area (Å²) in [5, 5.41) is 0. The third-order valence-corrected chi connectivity index (χ3v) is 8.41. The number of carbonyl (C=O) groups is 1. The topological polar surface area (TPSA) is 44.8 Å². The number of Topliss-reactive ketones (excluding diaryl/α,β-unsaturated/α-hetero) is 1. The van der Waals surface area contributed by atoms with Crippen molar-refractivity contribution in [1.29, 1.82) is 0 Å². The summed E-state index contributed by atoms with van der Waals surface area (Å²) in [5.41, 5.74) is 0. The number of carbonyl (C=O) groups excluding carboxylic acids is 1. The average Bonchev–Trinajstić information content (AvgIpc) is 2.53. The van der Waals surface area contributed by atoms with Crippen molar-refractivity contribution in [3.05, 3.63) is 0 Å². The maximum atomic E-state index is 12.3. The molecule has 0 aromatic carbocycles. The highest BCUT2D eigenvalue weighted by molar-refractivity contribution is 7.83. The Hall–Kier alpha value is 0.117. The fourth-order valence-electron chi connectivity index (χ4n) is 2.45. The Labute approximate surface area is 149 Å². The van der Waals surface area contributed by atoms with Gasteiger partial charge in [0.1, 0.15) is 6.10 Å². The summed E-state index contributed by atoms with van der Waals surface area (Å²) in [6.07, 6.45) is 6.55. The van der Waals surface area contributed by atoms with E-state index >= 15 is 0 Å². The van der Waals surface area contributed by atoms with Crippen molar-refractivity contribution in [2.24, 2.45) is 0 Å². The molecule has 138 valence electrons. The molecule has 0 saturated heterocycles. The summed E-state index contributed by atoms with van der Waals surface area (Å²) in [6.45, 7) is 10.9. The highest BCUT2D eigenvalue weighted by Crippen LogP contribution is 2.24. The Bertz CT molecular complexity index is 309. The molecule has 0 aliphatic heterocycles. The predicted octanol–water partition coefficient (Wildman–Crippen LogP) is 4.58. The molecule has 0 aliphatic rings. The second-order valence-corrected chi connectivity index (χ2v) is 9.61. The minimum Gasteiger partial charge on any atom is -0.373 e. The molecule has 2 atom stereocenters. The van der Waals surface area contributed by atoms with Gasteiger partial charge in [0.25, 0.3) is 0 Å². The summed E-state index contributed by atoms with van der Waals surface area (Å²) in [7, 11) is -2.94. The number of ketones is 1. The van der Waals surface area contributed by atoms with E-state index in [1.165, 1.54) is 19.3 Å². The Morgan fingerprint density at radius 1 is 1.00 bits per heavy atom. The fraction of sp³-hybridized carbons (Fsp3) is 0.941. The fourth-order valence-corrected chi connectivity index (χ4v) is 5.77. The molecule has 0 N–H and O–H groups in total. The Morgan fingerprint density at radius 3 is 2.04 bits per heavy atom. The van der Waals surface area contributed by atoms with Crippen molar-refractivity contribution < 1.29 is 18.1 Å². The lowest BCUT2D eigenvalue weighted by Crippen LogP contribution is -2.56. The monoisotopic (exact) mass is 364 g/mol. The van der Waals surface area contributed by atoms with E-state index in [0.29, 0.717) is 19.6 Å². The van der Waals surface area contributed by atoms with Gasteiger partial charge in [-0.15, -0.1) is 0 Å². The average molecular weight is 365 g/mol. The van der Waals surface area contributed by atoms with E-state index in [4.69, 9.17) is 13.3 Å². The lowest BCUT2D eigenvalue weighted by Gasteiger charge is -2.34. The second-order valence-electron chi connectivity index (χ2n) is 5.78. The van der Waals surface area contributed by atoms with E-state index in [2.05, 4.69) is 19.6 Å². The van der Waals surface area contributed by atoms with Crippen LogP contribution in [-0.2, 0) is 18.1 Å². The van der Waals surface area contributed by atoms with E-state index in [1.807, 2.05) is 27.7 Å². The molecular weight excluding hydrogens is 328 g/mol. The third kappa shape index (κ3) is 8.68. The molecule has 0 bridgehead atoms. The first-order valence-corrected chi connectivity index (χ1v) is 11.5. The van der Waals surface area contributed by atoms with Gasteiger partial charge in [-0.2, -0.15) is 12.6 Å². The molecule has 0 saturated carbocycles. The van der Waals surface area contributed by atoms with Crippen LogP contribution in [0.3, 0.4) is 0 Å². The molecule has 23 heavy (non-hydrogen) atoms. The van der Waals surface area contributed by atoms with Gasteiger partial charge in [-0.3, -0.25) is 4.79 Å². The number of rotatable bonds is 15. The van der Waals surface area contributed by atoms with Crippen LogP contribution < -0.4 is 0 Å². The quantitative estimate of drug-likeness (QED) is 0.262. The molecule has 0 spiro atoms. The van der Waals surface area contributed by atoms with Crippen molar-refractivity contribution in [3.63, 3.8) is 0 Å². The van der Waals surface area contributed by atoms with Gasteiger partial charge in [-0.05, 0) is 33.6 Å². The van der Waals surface area contributed by atoms with Crippen LogP contribution in [0.5, 0.6) is 0 Å².